The van der Waals surface area contributed by atoms with Gasteiger partial charge in [-0.1, -0.05) is 65.9 Å². The summed E-state index contributed by atoms with van der Waals surface area (Å²) in [6.45, 7) is 8.31. The van der Waals surface area contributed by atoms with Gasteiger partial charge in [-0.25, -0.2) is 4.98 Å². The van der Waals surface area contributed by atoms with Crippen molar-refractivity contribution in [3.63, 3.8) is 0 Å². The number of hydrogen-bond acceptors (Lipinski definition) is 7. The molecule has 0 spiro atoms. The first-order valence-corrected chi connectivity index (χ1v) is 12.6. The predicted octanol–water partition coefficient (Wildman–Crippen LogP) is 5.77. The van der Waals surface area contributed by atoms with Crippen LogP contribution in [-0.2, 0) is 11.3 Å². The minimum absolute atomic E-state index is 0.155. The van der Waals surface area contributed by atoms with E-state index in [0.29, 0.717) is 22.7 Å². The smallest absolute Gasteiger partial charge is 0.236 e. The second-order valence-corrected chi connectivity index (χ2v) is 9.35. The summed E-state index contributed by atoms with van der Waals surface area (Å²) in [5, 5.41) is 14.6. The number of amides is 1. The summed E-state index contributed by atoms with van der Waals surface area (Å²) in [6, 6.07) is 17.7. The van der Waals surface area contributed by atoms with Crippen molar-refractivity contribution in [3.8, 4) is 17.0 Å². The standard InChI is InChI=1S/C25H25N5O2S2/c1-4-14-30-23(18(3)32-20-12-10-17(2)11-13-20)28-29-25(30)34-16-22(31)27-24-26-21(15-33-24)19-8-6-5-7-9-19/h4-13,15,18H,1,14,16H2,2-3H3,(H,26,27,31). The summed E-state index contributed by atoms with van der Waals surface area (Å²) >= 11 is 2.71. The number of carbonyl (C=O) groups is 1. The molecule has 0 radical (unpaired) electrons. The Labute approximate surface area is 206 Å². The number of benzene rings is 2. The van der Waals surface area contributed by atoms with Crippen LogP contribution in [0.4, 0.5) is 5.13 Å². The molecule has 1 amide bonds. The number of anilines is 1. The average Bonchev–Trinajstić information content (AvgIpc) is 3.47. The molecule has 34 heavy (non-hydrogen) atoms. The number of allylic oxidation sites excluding steroid dienone is 1. The number of hydrogen-bond donors (Lipinski definition) is 1. The zero-order valence-electron chi connectivity index (χ0n) is 19.0. The first-order chi connectivity index (χ1) is 16.5. The summed E-state index contributed by atoms with van der Waals surface area (Å²) in [7, 11) is 0. The van der Waals surface area contributed by atoms with Gasteiger partial charge in [0.2, 0.25) is 5.91 Å². The molecule has 1 N–H and O–H groups in total. The number of aryl methyl sites for hydroxylation is 1. The van der Waals surface area contributed by atoms with Crippen LogP contribution in [0.3, 0.4) is 0 Å². The third-order valence-electron chi connectivity index (χ3n) is 4.91. The molecule has 4 rings (SSSR count). The van der Waals surface area contributed by atoms with Crippen molar-refractivity contribution < 1.29 is 9.53 Å². The van der Waals surface area contributed by atoms with Gasteiger partial charge in [-0.05, 0) is 26.0 Å². The van der Waals surface area contributed by atoms with Crippen molar-refractivity contribution in [3.05, 3.63) is 84.0 Å². The Bertz CT molecular complexity index is 1250. The molecule has 1 unspecified atom stereocenters. The molecule has 2 aromatic carbocycles. The van der Waals surface area contributed by atoms with E-state index >= 15 is 0 Å². The van der Waals surface area contributed by atoms with Crippen LogP contribution in [0.5, 0.6) is 5.75 Å². The molecule has 0 aliphatic rings. The fraction of sp³-hybridized carbons (Fsp3) is 0.200. The molecule has 1 atom stereocenters. The van der Waals surface area contributed by atoms with Crippen molar-refractivity contribution in [2.24, 2.45) is 0 Å². The van der Waals surface area contributed by atoms with Crippen LogP contribution >= 0.6 is 23.1 Å². The number of thiazole rings is 1. The van der Waals surface area contributed by atoms with Crippen LogP contribution in [-0.4, -0.2) is 31.4 Å². The van der Waals surface area contributed by atoms with Gasteiger partial charge in [-0.3, -0.25) is 9.36 Å². The zero-order chi connectivity index (χ0) is 23.9. The van der Waals surface area contributed by atoms with Gasteiger partial charge in [0.1, 0.15) is 5.75 Å². The third-order valence-corrected chi connectivity index (χ3v) is 6.63. The van der Waals surface area contributed by atoms with Gasteiger partial charge in [0.25, 0.3) is 0 Å². The molecule has 2 heterocycles. The molecule has 0 aliphatic heterocycles. The lowest BCUT2D eigenvalue weighted by molar-refractivity contribution is -0.113. The van der Waals surface area contributed by atoms with Crippen LogP contribution in [0.1, 0.15) is 24.4 Å². The average molecular weight is 492 g/mol. The molecule has 0 saturated heterocycles. The van der Waals surface area contributed by atoms with Crippen LogP contribution in [0, 0.1) is 6.92 Å². The van der Waals surface area contributed by atoms with Crippen molar-refractivity contribution in [2.75, 3.05) is 11.1 Å². The van der Waals surface area contributed by atoms with Crippen LogP contribution in [0.15, 0.2) is 77.8 Å². The Kier molecular flexibility index (Phi) is 7.76. The van der Waals surface area contributed by atoms with E-state index in [1.54, 1.807) is 6.08 Å². The maximum atomic E-state index is 12.5. The number of thioether (sulfide) groups is 1. The monoisotopic (exact) mass is 491 g/mol. The highest BCUT2D eigenvalue weighted by Crippen LogP contribution is 2.27. The molecule has 0 aliphatic carbocycles. The first kappa shape index (κ1) is 23.7. The molecule has 2 aromatic heterocycles. The molecule has 9 heteroatoms. The lowest BCUT2D eigenvalue weighted by atomic mass is 10.2. The van der Waals surface area contributed by atoms with Gasteiger partial charge >= 0.3 is 0 Å². The van der Waals surface area contributed by atoms with E-state index < -0.39 is 0 Å². The third kappa shape index (κ3) is 5.92. The van der Waals surface area contributed by atoms with Crippen LogP contribution < -0.4 is 10.1 Å². The van der Waals surface area contributed by atoms with E-state index in [9.17, 15) is 4.79 Å². The molecule has 4 aromatic rings. The number of nitrogens with zero attached hydrogens (tertiary/aromatic N) is 4. The predicted molar refractivity (Wildman–Crippen MR) is 137 cm³/mol. The normalized spacial score (nSPS) is 11.7. The largest absolute Gasteiger partial charge is 0.483 e. The van der Waals surface area contributed by atoms with Crippen molar-refractivity contribution in [2.45, 2.75) is 31.7 Å². The highest BCUT2D eigenvalue weighted by atomic mass is 32.2. The molecule has 0 saturated carbocycles. The summed E-state index contributed by atoms with van der Waals surface area (Å²) in [4.78, 5) is 17.1. The van der Waals surface area contributed by atoms with Gasteiger partial charge in [0, 0.05) is 17.5 Å². The van der Waals surface area contributed by atoms with E-state index in [-0.39, 0.29) is 17.8 Å². The number of rotatable bonds is 10. The van der Waals surface area contributed by atoms with E-state index in [4.69, 9.17) is 4.74 Å². The molecule has 7 nitrogen and oxygen atoms in total. The molecule has 0 fully saturated rings. The van der Waals surface area contributed by atoms with Crippen LogP contribution in [0.25, 0.3) is 11.3 Å². The second-order valence-electron chi connectivity index (χ2n) is 7.55. The summed E-state index contributed by atoms with van der Waals surface area (Å²) in [6.07, 6.45) is 1.46. The summed E-state index contributed by atoms with van der Waals surface area (Å²) in [5.41, 5.74) is 3.02. The quantitative estimate of drug-likeness (QED) is 0.224. The first-order valence-electron chi connectivity index (χ1n) is 10.7. The van der Waals surface area contributed by atoms with E-state index in [2.05, 4.69) is 27.1 Å². The minimum atomic E-state index is -0.315. The Morgan fingerprint density at radius 3 is 2.71 bits per heavy atom. The second kappa shape index (κ2) is 11.1. The van der Waals surface area contributed by atoms with Crippen molar-refractivity contribution >= 4 is 34.1 Å². The number of ether oxygens (including phenoxy) is 1. The Hall–Kier alpha value is -3.43. The van der Waals surface area contributed by atoms with Gasteiger partial charge in [0.15, 0.2) is 22.2 Å². The zero-order valence-corrected chi connectivity index (χ0v) is 20.6. The van der Waals surface area contributed by atoms with E-state index in [1.807, 2.05) is 78.4 Å². The summed E-state index contributed by atoms with van der Waals surface area (Å²) in [5.74, 6) is 1.47. The Morgan fingerprint density at radius 2 is 1.97 bits per heavy atom. The maximum absolute atomic E-state index is 12.5. The molecular weight excluding hydrogens is 466 g/mol. The van der Waals surface area contributed by atoms with E-state index in [1.165, 1.54) is 28.7 Å². The van der Waals surface area contributed by atoms with Gasteiger partial charge < -0.3 is 10.1 Å². The van der Waals surface area contributed by atoms with E-state index in [0.717, 1.165) is 17.0 Å². The van der Waals surface area contributed by atoms with Crippen molar-refractivity contribution in [1.82, 2.24) is 19.7 Å². The lowest BCUT2D eigenvalue weighted by Gasteiger charge is -2.15. The fourth-order valence-corrected chi connectivity index (χ4v) is 4.73. The highest BCUT2D eigenvalue weighted by molar-refractivity contribution is 7.99. The Morgan fingerprint density at radius 1 is 1.21 bits per heavy atom. The number of carbonyl (C=O) groups excluding carboxylic acids is 1. The highest BCUT2D eigenvalue weighted by Gasteiger charge is 2.20. The molecular formula is C25H25N5O2S2. The lowest BCUT2D eigenvalue weighted by Crippen LogP contribution is -2.15. The number of aromatic nitrogens is 4. The molecule has 174 valence electrons. The maximum Gasteiger partial charge on any atom is 0.236 e. The van der Waals surface area contributed by atoms with Crippen molar-refractivity contribution in [1.29, 1.82) is 0 Å². The molecule has 0 bridgehead atoms. The topological polar surface area (TPSA) is 81.9 Å². The minimum Gasteiger partial charge on any atom is -0.483 e. The van der Waals surface area contributed by atoms with Gasteiger partial charge in [-0.15, -0.1) is 28.1 Å². The Balaban J connectivity index is 1.38. The SMILES string of the molecule is C=CCn1c(SCC(=O)Nc2nc(-c3ccccc3)cs2)nnc1C(C)Oc1ccc(C)cc1. The van der Waals surface area contributed by atoms with Gasteiger partial charge in [0.05, 0.1) is 11.4 Å². The van der Waals surface area contributed by atoms with Crippen LogP contribution in [0.2, 0.25) is 0 Å². The number of nitrogens with one attached hydrogen (secondary N) is 1. The fourth-order valence-electron chi connectivity index (χ4n) is 3.24. The van der Waals surface area contributed by atoms with Gasteiger partial charge in [-0.2, -0.15) is 0 Å². The summed E-state index contributed by atoms with van der Waals surface area (Å²) < 4.78 is 7.96.